The molecule has 132 valence electrons. The Morgan fingerprint density at radius 3 is 2.62 bits per heavy atom. The van der Waals surface area contributed by atoms with Crippen LogP contribution in [0.1, 0.15) is 26.5 Å². The number of hydrogen-bond acceptors (Lipinski definition) is 5. The smallest absolute Gasteiger partial charge is 0.339 e. The molecule has 0 aliphatic rings. The van der Waals surface area contributed by atoms with Gasteiger partial charge in [-0.1, -0.05) is 35.0 Å². The van der Waals surface area contributed by atoms with E-state index in [4.69, 9.17) is 21.2 Å². The van der Waals surface area contributed by atoms with Crippen LogP contribution in [-0.4, -0.2) is 27.2 Å². The van der Waals surface area contributed by atoms with Gasteiger partial charge in [-0.2, -0.15) is 0 Å². The Balaban J connectivity index is 1.97. The topological polar surface area (TPSA) is 113 Å². The number of aryl methyl sites for hydroxylation is 1. The molecule has 3 aromatic rings. The van der Waals surface area contributed by atoms with Crippen LogP contribution in [0.25, 0.3) is 11.3 Å². The highest BCUT2D eigenvalue weighted by molar-refractivity contribution is 6.33. The maximum atomic E-state index is 12.7. The summed E-state index contributed by atoms with van der Waals surface area (Å²) < 4.78 is 5.14. The van der Waals surface area contributed by atoms with E-state index in [0.29, 0.717) is 10.6 Å². The van der Waals surface area contributed by atoms with Crippen LogP contribution >= 0.6 is 11.6 Å². The minimum absolute atomic E-state index is 0.183. The summed E-state index contributed by atoms with van der Waals surface area (Å²) in [6, 6.07) is 10.6. The Morgan fingerprint density at radius 1 is 1.19 bits per heavy atom. The lowest BCUT2D eigenvalue weighted by atomic mass is 10.1. The second-order valence-corrected chi connectivity index (χ2v) is 5.84. The standard InChI is InChI=1S/C18H13ClN2O5/c1-9-15(16(21-26-9)11-4-2-3-5-13(11)19)17(23)20-10-6-7-14(22)12(8-10)18(24)25/h2-8,22H,1H3,(H,20,23)(H,24,25). The van der Waals surface area contributed by atoms with Gasteiger partial charge in [-0.05, 0) is 31.2 Å². The monoisotopic (exact) mass is 372 g/mol. The van der Waals surface area contributed by atoms with Crippen molar-refractivity contribution in [3.05, 3.63) is 64.4 Å². The fourth-order valence-corrected chi connectivity index (χ4v) is 2.68. The number of aromatic nitrogens is 1. The molecule has 0 spiro atoms. The first-order chi connectivity index (χ1) is 12.4. The van der Waals surface area contributed by atoms with Crippen molar-refractivity contribution in [3.63, 3.8) is 0 Å². The SMILES string of the molecule is Cc1onc(-c2ccccc2Cl)c1C(=O)Nc1ccc(O)c(C(=O)O)c1. The molecule has 8 heteroatoms. The van der Waals surface area contributed by atoms with E-state index in [9.17, 15) is 14.7 Å². The summed E-state index contributed by atoms with van der Waals surface area (Å²) in [4.78, 5) is 23.8. The second kappa shape index (κ2) is 6.89. The molecular formula is C18H13ClN2O5. The van der Waals surface area contributed by atoms with Crippen LogP contribution < -0.4 is 5.32 Å². The number of carboxylic acid groups (broad SMARTS) is 1. The molecule has 0 fully saturated rings. The minimum Gasteiger partial charge on any atom is -0.507 e. The molecule has 0 saturated carbocycles. The van der Waals surface area contributed by atoms with Gasteiger partial charge in [0.15, 0.2) is 0 Å². The Kier molecular flexibility index (Phi) is 4.64. The van der Waals surface area contributed by atoms with Gasteiger partial charge in [-0.15, -0.1) is 0 Å². The highest BCUT2D eigenvalue weighted by atomic mass is 35.5. The van der Waals surface area contributed by atoms with Gasteiger partial charge in [-0.3, -0.25) is 4.79 Å². The molecule has 7 nitrogen and oxygen atoms in total. The summed E-state index contributed by atoms with van der Waals surface area (Å²) in [6.07, 6.45) is 0. The van der Waals surface area contributed by atoms with Gasteiger partial charge >= 0.3 is 5.97 Å². The number of amides is 1. The molecule has 0 saturated heterocycles. The summed E-state index contributed by atoms with van der Waals surface area (Å²) >= 11 is 6.17. The molecule has 0 aliphatic carbocycles. The van der Waals surface area contributed by atoms with Crippen molar-refractivity contribution in [2.45, 2.75) is 6.92 Å². The van der Waals surface area contributed by atoms with Gasteiger partial charge in [0.25, 0.3) is 5.91 Å². The van der Waals surface area contributed by atoms with Gasteiger partial charge in [0, 0.05) is 11.3 Å². The van der Waals surface area contributed by atoms with E-state index in [1.54, 1.807) is 31.2 Å². The molecular weight excluding hydrogens is 360 g/mol. The molecule has 3 N–H and O–H groups in total. The molecule has 2 aromatic carbocycles. The van der Waals surface area contributed by atoms with E-state index in [-0.39, 0.29) is 28.3 Å². The van der Waals surface area contributed by atoms with Crippen molar-refractivity contribution in [1.29, 1.82) is 0 Å². The highest BCUT2D eigenvalue weighted by Crippen LogP contribution is 2.31. The number of aromatic hydroxyl groups is 1. The zero-order chi connectivity index (χ0) is 18.8. The number of phenols is 1. The van der Waals surface area contributed by atoms with Crippen molar-refractivity contribution in [1.82, 2.24) is 5.16 Å². The molecule has 26 heavy (non-hydrogen) atoms. The quantitative estimate of drug-likeness (QED) is 0.597. The molecule has 0 unspecified atom stereocenters. The summed E-state index contributed by atoms with van der Waals surface area (Å²) in [7, 11) is 0. The first kappa shape index (κ1) is 17.5. The lowest BCUT2D eigenvalue weighted by molar-refractivity contribution is 0.0693. The summed E-state index contributed by atoms with van der Waals surface area (Å²) in [5.41, 5.74) is 0.881. The van der Waals surface area contributed by atoms with E-state index in [1.165, 1.54) is 12.1 Å². The third kappa shape index (κ3) is 3.25. The number of nitrogens with zero attached hydrogens (tertiary/aromatic N) is 1. The predicted molar refractivity (Wildman–Crippen MR) is 94.7 cm³/mol. The minimum atomic E-state index is -1.31. The number of nitrogens with one attached hydrogen (secondary N) is 1. The number of carbonyl (C=O) groups excluding carboxylic acids is 1. The Bertz CT molecular complexity index is 1010. The second-order valence-electron chi connectivity index (χ2n) is 5.43. The number of carbonyl (C=O) groups is 2. The molecule has 0 atom stereocenters. The fourth-order valence-electron chi connectivity index (χ4n) is 2.46. The van der Waals surface area contributed by atoms with Crippen LogP contribution in [0, 0.1) is 6.92 Å². The van der Waals surface area contributed by atoms with Crippen molar-refractivity contribution in [3.8, 4) is 17.0 Å². The van der Waals surface area contributed by atoms with Gasteiger partial charge in [0.05, 0.1) is 5.02 Å². The Morgan fingerprint density at radius 2 is 1.92 bits per heavy atom. The zero-order valence-electron chi connectivity index (χ0n) is 13.5. The highest BCUT2D eigenvalue weighted by Gasteiger charge is 2.23. The molecule has 0 aliphatic heterocycles. The Hall–Kier alpha value is -3.32. The van der Waals surface area contributed by atoms with E-state index < -0.39 is 17.6 Å². The molecule has 0 bridgehead atoms. The van der Waals surface area contributed by atoms with Crippen LogP contribution in [0.3, 0.4) is 0 Å². The van der Waals surface area contributed by atoms with Gasteiger partial charge < -0.3 is 20.1 Å². The van der Waals surface area contributed by atoms with Gasteiger partial charge in [0.2, 0.25) is 0 Å². The van der Waals surface area contributed by atoms with E-state index in [2.05, 4.69) is 10.5 Å². The maximum absolute atomic E-state index is 12.7. The first-order valence-electron chi connectivity index (χ1n) is 7.47. The molecule has 1 aromatic heterocycles. The van der Waals surface area contributed by atoms with Crippen molar-refractivity contribution >= 4 is 29.2 Å². The number of aromatic carboxylic acids is 1. The normalized spacial score (nSPS) is 10.5. The summed E-state index contributed by atoms with van der Waals surface area (Å²) in [5, 5.41) is 25.5. The third-order valence-electron chi connectivity index (χ3n) is 3.70. The predicted octanol–water partition coefficient (Wildman–Crippen LogP) is 3.96. The van der Waals surface area contributed by atoms with E-state index >= 15 is 0 Å². The van der Waals surface area contributed by atoms with Gasteiger partial charge in [-0.25, -0.2) is 4.79 Å². The van der Waals surface area contributed by atoms with Crippen molar-refractivity contribution < 1.29 is 24.3 Å². The van der Waals surface area contributed by atoms with Crippen molar-refractivity contribution in [2.75, 3.05) is 5.32 Å². The largest absolute Gasteiger partial charge is 0.507 e. The molecule has 0 radical (unpaired) electrons. The molecule has 1 heterocycles. The maximum Gasteiger partial charge on any atom is 0.339 e. The van der Waals surface area contributed by atoms with Crippen LogP contribution in [0.15, 0.2) is 47.0 Å². The number of rotatable bonds is 4. The number of carboxylic acids is 1. The van der Waals surface area contributed by atoms with E-state index in [0.717, 1.165) is 6.07 Å². The van der Waals surface area contributed by atoms with E-state index in [1.807, 2.05) is 0 Å². The van der Waals surface area contributed by atoms with Gasteiger partial charge in [0.1, 0.15) is 28.3 Å². The molecule has 1 amide bonds. The summed E-state index contributed by atoms with van der Waals surface area (Å²) in [6.45, 7) is 1.59. The number of hydrogen-bond donors (Lipinski definition) is 3. The number of halogens is 1. The van der Waals surface area contributed by atoms with Crippen LogP contribution in [0.4, 0.5) is 5.69 Å². The fraction of sp³-hybridized carbons (Fsp3) is 0.0556. The average molecular weight is 373 g/mol. The number of benzene rings is 2. The van der Waals surface area contributed by atoms with Crippen LogP contribution in [0.5, 0.6) is 5.75 Å². The average Bonchev–Trinajstić information content (AvgIpc) is 2.98. The first-order valence-corrected chi connectivity index (χ1v) is 7.85. The number of anilines is 1. The summed E-state index contributed by atoms with van der Waals surface area (Å²) in [5.74, 6) is -1.96. The lowest BCUT2D eigenvalue weighted by Gasteiger charge is -2.08. The Labute approximate surface area is 152 Å². The lowest BCUT2D eigenvalue weighted by Crippen LogP contribution is -2.14. The van der Waals surface area contributed by atoms with Crippen molar-refractivity contribution in [2.24, 2.45) is 0 Å². The zero-order valence-corrected chi connectivity index (χ0v) is 14.2. The van der Waals surface area contributed by atoms with Crippen LogP contribution in [0.2, 0.25) is 5.02 Å². The third-order valence-corrected chi connectivity index (χ3v) is 4.03. The van der Waals surface area contributed by atoms with Crippen LogP contribution in [-0.2, 0) is 0 Å². The molecule has 3 rings (SSSR count).